The van der Waals surface area contributed by atoms with Crippen LogP contribution in [0.3, 0.4) is 0 Å². The first-order chi connectivity index (χ1) is 9.95. The van der Waals surface area contributed by atoms with Gasteiger partial charge in [0.1, 0.15) is 0 Å². The van der Waals surface area contributed by atoms with E-state index in [2.05, 4.69) is 4.74 Å². The SMILES string of the molecule is CCOC(=O)C(=O)c1ccc(C(F)(F)F)c(SC(C)(C)C)c1. The molecule has 22 heavy (non-hydrogen) atoms. The Morgan fingerprint density at radius 3 is 2.23 bits per heavy atom. The quantitative estimate of drug-likeness (QED) is 0.355. The number of ketones is 1. The summed E-state index contributed by atoms with van der Waals surface area (Å²) in [6.07, 6.45) is -4.53. The first-order valence-electron chi connectivity index (χ1n) is 6.57. The predicted molar refractivity (Wildman–Crippen MR) is 78.0 cm³/mol. The third-order valence-corrected chi connectivity index (χ3v) is 3.60. The van der Waals surface area contributed by atoms with Crippen LogP contribution in [0.15, 0.2) is 23.1 Å². The lowest BCUT2D eigenvalue weighted by molar-refractivity contribution is -0.139. The van der Waals surface area contributed by atoms with E-state index < -0.39 is 28.2 Å². The smallest absolute Gasteiger partial charge is 0.417 e. The number of hydrogen-bond donors (Lipinski definition) is 0. The van der Waals surface area contributed by atoms with E-state index in [1.54, 1.807) is 27.7 Å². The van der Waals surface area contributed by atoms with Crippen molar-refractivity contribution in [1.29, 1.82) is 0 Å². The summed E-state index contributed by atoms with van der Waals surface area (Å²) in [6.45, 7) is 6.85. The second-order valence-electron chi connectivity index (χ2n) is 5.47. The molecule has 0 amide bonds. The van der Waals surface area contributed by atoms with Gasteiger partial charge in [-0.3, -0.25) is 4.79 Å². The molecule has 0 unspecified atom stereocenters. The summed E-state index contributed by atoms with van der Waals surface area (Å²) in [5, 5.41) is 0. The van der Waals surface area contributed by atoms with E-state index in [9.17, 15) is 22.8 Å². The van der Waals surface area contributed by atoms with Gasteiger partial charge in [-0.15, -0.1) is 11.8 Å². The maximum absolute atomic E-state index is 13.0. The lowest BCUT2D eigenvalue weighted by atomic mass is 10.1. The molecule has 0 N–H and O–H groups in total. The normalized spacial score (nSPS) is 12.1. The van der Waals surface area contributed by atoms with Crippen molar-refractivity contribution in [3.63, 3.8) is 0 Å². The third kappa shape index (κ3) is 5.05. The van der Waals surface area contributed by atoms with Crippen LogP contribution < -0.4 is 0 Å². The van der Waals surface area contributed by atoms with Crippen LogP contribution in [0.4, 0.5) is 13.2 Å². The number of alkyl halides is 3. The van der Waals surface area contributed by atoms with Crippen LogP contribution in [0, 0.1) is 0 Å². The zero-order valence-corrected chi connectivity index (χ0v) is 13.5. The zero-order chi connectivity index (χ0) is 17.1. The number of ether oxygens (including phenoxy) is 1. The number of Topliss-reactive ketones (excluding diaryl/α,β-unsaturated/α-hetero) is 1. The van der Waals surface area contributed by atoms with Gasteiger partial charge in [0.15, 0.2) is 0 Å². The molecule has 0 saturated heterocycles. The lowest BCUT2D eigenvalue weighted by Crippen LogP contribution is -2.19. The molecule has 0 aromatic heterocycles. The maximum atomic E-state index is 13.0. The predicted octanol–water partition coefficient (Wildman–Crippen LogP) is 4.34. The summed E-state index contributed by atoms with van der Waals surface area (Å²) in [4.78, 5) is 23.2. The van der Waals surface area contributed by atoms with Gasteiger partial charge in [0, 0.05) is 15.2 Å². The zero-order valence-electron chi connectivity index (χ0n) is 12.7. The molecule has 0 aliphatic rings. The second kappa shape index (κ2) is 6.73. The van der Waals surface area contributed by atoms with E-state index in [4.69, 9.17) is 0 Å². The molecule has 1 aromatic rings. The van der Waals surface area contributed by atoms with Crippen LogP contribution >= 0.6 is 11.8 Å². The lowest BCUT2D eigenvalue weighted by Gasteiger charge is -2.21. The largest absolute Gasteiger partial charge is 0.460 e. The Kier molecular flexibility index (Phi) is 5.67. The Hall–Kier alpha value is -1.50. The maximum Gasteiger partial charge on any atom is 0.417 e. The first-order valence-corrected chi connectivity index (χ1v) is 7.39. The summed E-state index contributed by atoms with van der Waals surface area (Å²) in [6, 6.07) is 2.91. The highest BCUT2D eigenvalue weighted by Gasteiger charge is 2.35. The summed E-state index contributed by atoms with van der Waals surface area (Å²) in [5.41, 5.74) is -0.939. The number of carbonyl (C=O) groups is 2. The van der Waals surface area contributed by atoms with Crippen LogP contribution in [0.25, 0.3) is 0 Å². The van der Waals surface area contributed by atoms with Gasteiger partial charge in [-0.05, 0) is 19.1 Å². The van der Waals surface area contributed by atoms with Gasteiger partial charge in [0.25, 0.3) is 5.78 Å². The Labute approximate surface area is 131 Å². The molecular formula is C15H17F3O3S. The molecular weight excluding hydrogens is 317 g/mol. The van der Waals surface area contributed by atoms with E-state index in [0.717, 1.165) is 30.0 Å². The Bertz CT molecular complexity index is 574. The monoisotopic (exact) mass is 334 g/mol. The number of rotatable bonds is 4. The fraction of sp³-hybridized carbons (Fsp3) is 0.467. The van der Waals surface area contributed by atoms with Crippen molar-refractivity contribution in [1.82, 2.24) is 0 Å². The molecule has 0 bridgehead atoms. The van der Waals surface area contributed by atoms with Crippen molar-refractivity contribution < 1.29 is 27.5 Å². The van der Waals surface area contributed by atoms with Gasteiger partial charge in [0.2, 0.25) is 0 Å². The fourth-order valence-corrected chi connectivity index (χ4v) is 2.77. The van der Waals surface area contributed by atoms with Gasteiger partial charge < -0.3 is 4.74 Å². The van der Waals surface area contributed by atoms with Gasteiger partial charge in [-0.1, -0.05) is 26.8 Å². The van der Waals surface area contributed by atoms with Gasteiger partial charge in [0.05, 0.1) is 12.2 Å². The summed E-state index contributed by atoms with van der Waals surface area (Å²) < 4.78 is 43.2. The van der Waals surface area contributed by atoms with E-state index >= 15 is 0 Å². The molecule has 3 nitrogen and oxygen atoms in total. The minimum Gasteiger partial charge on any atom is -0.460 e. The van der Waals surface area contributed by atoms with Crippen molar-refractivity contribution >= 4 is 23.5 Å². The van der Waals surface area contributed by atoms with Crippen molar-refractivity contribution in [2.45, 2.75) is 43.5 Å². The average molecular weight is 334 g/mol. The topological polar surface area (TPSA) is 43.4 Å². The molecule has 0 saturated carbocycles. The number of benzene rings is 1. The molecule has 0 spiro atoms. The molecule has 1 aromatic carbocycles. The van der Waals surface area contributed by atoms with Crippen molar-refractivity contribution in [3.8, 4) is 0 Å². The van der Waals surface area contributed by atoms with Gasteiger partial charge in [-0.25, -0.2) is 4.79 Å². The van der Waals surface area contributed by atoms with E-state index in [0.29, 0.717) is 0 Å². The van der Waals surface area contributed by atoms with E-state index in [-0.39, 0.29) is 17.1 Å². The highest BCUT2D eigenvalue weighted by molar-refractivity contribution is 8.00. The van der Waals surface area contributed by atoms with Gasteiger partial charge >= 0.3 is 12.1 Å². The van der Waals surface area contributed by atoms with Crippen LogP contribution in [0.2, 0.25) is 0 Å². The fourth-order valence-electron chi connectivity index (χ4n) is 1.63. The first kappa shape index (κ1) is 18.5. The van der Waals surface area contributed by atoms with Crippen LogP contribution in [0.5, 0.6) is 0 Å². The summed E-state index contributed by atoms with van der Waals surface area (Å²) >= 11 is 0.987. The van der Waals surface area contributed by atoms with Crippen molar-refractivity contribution in [2.24, 2.45) is 0 Å². The molecule has 1 rings (SSSR count). The minimum atomic E-state index is -4.53. The average Bonchev–Trinajstić information content (AvgIpc) is 2.34. The molecule has 0 atom stereocenters. The van der Waals surface area contributed by atoms with Crippen LogP contribution in [-0.4, -0.2) is 23.1 Å². The number of thioether (sulfide) groups is 1. The Morgan fingerprint density at radius 1 is 1.18 bits per heavy atom. The summed E-state index contributed by atoms with van der Waals surface area (Å²) in [7, 11) is 0. The van der Waals surface area contributed by atoms with Crippen molar-refractivity contribution in [2.75, 3.05) is 6.61 Å². The third-order valence-electron chi connectivity index (χ3n) is 2.43. The van der Waals surface area contributed by atoms with Crippen LogP contribution in [0.1, 0.15) is 43.6 Å². The van der Waals surface area contributed by atoms with Crippen LogP contribution in [-0.2, 0) is 15.7 Å². The molecule has 0 aliphatic carbocycles. The number of halogens is 3. The number of carbonyl (C=O) groups excluding carboxylic acids is 2. The molecule has 122 valence electrons. The second-order valence-corrected chi connectivity index (χ2v) is 7.34. The number of hydrogen-bond acceptors (Lipinski definition) is 4. The van der Waals surface area contributed by atoms with Gasteiger partial charge in [-0.2, -0.15) is 13.2 Å². The van der Waals surface area contributed by atoms with E-state index in [1.165, 1.54) is 0 Å². The summed E-state index contributed by atoms with van der Waals surface area (Å²) in [5.74, 6) is -2.03. The highest BCUT2D eigenvalue weighted by Crippen LogP contribution is 2.41. The Balaban J connectivity index is 3.28. The number of esters is 1. The van der Waals surface area contributed by atoms with Crippen molar-refractivity contribution in [3.05, 3.63) is 29.3 Å². The molecule has 0 heterocycles. The minimum absolute atomic E-state index is 0.0226. The molecule has 0 fully saturated rings. The molecule has 0 radical (unpaired) electrons. The molecule has 0 aliphatic heterocycles. The highest BCUT2D eigenvalue weighted by atomic mass is 32.2. The van der Waals surface area contributed by atoms with E-state index in [1.807, 2.05) is 0 Å². The standard InChI is InChI=1S/C15H17F3O3S/c1-5-21-13(20)12(19)9-6-7-10(15(16,17)18)11(8-9)22-14(2,3)4/h6-8H,5H2,1-4H3. The Morgan fingerprint density at radius 2 is 1.77 bits per heavy atom. The molecule has 7 heteroatoms.